The van der Waals surface area contributed by atoms with Crippen molar-refractivity contribution < 1.29 is 4.79 Å². The highest BCUT2D eigenvalue weighted by atomic mass is 35.6. The van der Waals surface area contributed by atoms with E-state index < -0.39 is 19.8 Å². The van der Waals surface area contributed by atoms with Gasteiger partial charge in [-0.2, -0.15) is 0 Å². The number of alkyl halides is 4. The van der Waals surface area contributed by atoms with Crippen LogP contribution in [0, 0.1) is 5.21 Å². The number of hydroxylamine groups is 2. The van der Waals surface area contributed by atoms with Crippen LogP contribution in [0.15, 0.2) is 35.3 Å². The van der Waals surface area contributed by atoms with Gasteiger partial charge in [-0.3, -0.25) is 14.3 Å². The predicted molar refractivity (Wildman–Crippen MR) is 86.6 cm³/mol. The van der Waals surface area contributed by atoms with E-state index in [4.69, 9.17) is 46.4 Å². The normalized spacial score (nSPS) is 26.5. The van der Waals surface area contributed by atoms with Crippen LogP contribution in [-0.2, 0) is 4.79 Å². The minimum atomic E-state index is -1.92. The molecule has 9 heteroatoms. The fraction of sp³-hybridized carbons (Fsp3) is 0.333. The third-order valence-electron chi connectivity index (χ3n) is 2.97. The first kappa shape index (κ1) is 16.8. The van der Waals surface area contributed by atoms with Gasteiger partial charge in [-0.25, -0.2) is 4.99 Å². The minimum Gasteiger partial charge on any atom is -0.619 e. The molecular formula is C12H11Cl4N3O2. The van der Waals surface area contributed by atoms with E-state index in [0.29, 0.717) is 5.69 Å². The van der Waals surface area contributed by atoms with E-state index in [-0.39, 0.29) is 12.5 Å². The van der Waals surface area contributed by atoms with Crippen molar-refractivity contribution >= 4 is 63.8 Å². The second-order valence-corrected chi connectivity index (χ2v) is 7.33. The number of quaternary nitrogens is 1. The lowest BCUT2D eigenvalue weighted by Crippen LogP contribution is -2.47. The molecule has 1 amide bonds. The highest BCUT2D eigenvalue weighted by molar-refractivity contribution is 6.70. The molecule has 1 aliphatic rings. The number of benzene rings is 1. The smallest absolute Gasteiger partial charge is 0.333 e. The summed E-state index contributed by atoms with van der Waals surface area (Å²) in [6.45, 7) is -0.120. The van der Waals surface area contributed by atoms with E-state index in [9.17, 15) is 10.0 Å². The monoisotopic (exact) mass is 369 g/mol. The van der Waals surface area contributed by atoms with Crippen LogP contribution in [0.1, 0.15) is 0 Å². The van der Waals surface area contributed by atoms with Gasteiger partial charge in [-0.15, -0.1) is 0 Å². The quantitative estimate of drug-likeness (QED) is 0.347. The number of amidine groups is 1. The van der Waals surface area contributed by atoms with Crippen LogP contribution >= 0.6 is 46.4 Å². The molecule has 2 atom stereocenters. The molecule has 1 aromatic carbocycles. The van der Waals surface area contributed by atoms with E-state index in [2.05, 4.69) is 4.99 Å². The molecule has 0 bridgehead atoms. The summed E-state index contributed by atoms with van der Waals surface area (Å²) in [6.07, 6.45) is 0. The molecule has 0 spiro atoms. The van der Waals surface area contributed by atoms with Crippen LogP contribution in [0.25, 0.3) is 0 Å². The van der Waals surface area contributed by atoms with Gasteiger partial charge in [0.05, 0.1) is 0 Å². The number of carbonyl (C=O) groups excluding carboxylic acids is 1. The molecule has 1 fully saturated rings. The number of rotatable bonds is 2. The number of carbonyl (C=O) groups is 1. The van der Waals surface area contributed by atoms with Gasteiger partial charge in [-0.05, 0) is 12.1 Å². The Kier molecular flexibility index (Phi) is 4.73. The molecule has 0 N–H and O–H groups in total. The Morgan fingerprint density at radius 2 is 1.90 bits per heavy atom. The first-order valence-electron chi connectivity index (χ1n) is 5.85. The summed E-state index contributed by atoms with van der Waals surface area (Å²) in [5.41, 5.74) is -0.995. The van der Waals surface area contributed by atoms with Gasteiger partial charge in [-0.1, -0.05) is 64.6 Å². The Hall–Kier alpha value is -0.560. The number of aliphatic imine (C=N–C) groups is 1. The van der Waals surface area contributed by atoms with E-state index in [0.717, 1.165) is 0 Å². The van der Waals surface area contributed by atoms with Crippen molar-refractivity contribution in [2.75, 3.05) is 13.7 Å². The second kappa shape index (κ2) is 5.91. The number of likely N-dealkylation sites (N-methyl/N-ethyl adjacent to an activating group) is 1. The fourth-order valence-corrected chi connectivity index (χ4v) is 2.20. The molecule has 0 saturated carbocycles. The van der Waals surface area contributed by atoms with Crippen LogP contribution in [0.5, 0.6) is 0 Å². The van der Waals surface area contributed by atoms with Crippen LogP contribution in [0.4, 0.5) is 5.69 Å². The molecule has 1 heterocycles. The Morgan fingerprint density at radius 3 is 2.43 bits per heavy atom. The Labute approximate surface area is 141 Å². The summed E-state index contributed by atoms with van der Waals surface area (Å²) in [7, 11) is 1.50. The van der Waals surface area contributed by atoms with Crippen molar-refractivity contribution in [2.24, 2.45) is 4.99 Å². The van der Waals surface area contributed by atoms with Crippen molar-refractivity contribution in [2.45, 2.75) is 9.29 Å². The number of hydrogen-bond acceptors (Lipinski definition) is 3. The van der Waals surface area contributed by atoms with E-state index in [1.807, 2.05) is 0 Å². The molecule has 0 radical (unpaired) electrons. The third-order valence-corrected chi connectivity index (χ3v) is 4.35. The summed E-state index contributed by atoms with van der Waals surface area (Å²) >= 11 is 22.8. The van der Waals surface area contributed by atoms with Gasteiger partial charge in [0, 0.05) is 7.05 Å². The average Bonchev–Trinajstić information content (AvgIpc) is 2.63. The molecule has 1 aliphatic heterocycles. The Morgan fingerprint density at radius 1 is 1.33 bits per heavy atom. The van der Waals surface area contributed by atoms with Crippen LogP contribution in [0.3, 0.4) is 0 Å². The molecule has 21 heavy (non-hydrogen) atoms. The molecule has 0 aromatic heterocycles. The molecular weight excluding hydrogens is 360 g/mol. The first-order valence-corrected chi connectivity index (χ1v) is 7.42. The maximum absolute atomic E-state index is 13.1. The zero-order valence-electron chi connectivity index (χ0n) is 10.8. The Balaban J connectivity index is 2.50. The van der Waals surface area contributed by atoms with Crippen molar-refractivity contribution in [1.29, 1.82) is 0 Å². The fourth-order valence-electron chi connectivity index (χ4n) is 1.96. The van der Waals surface area contributed by atoms with Gasteiger partial charge in [0.2, 0.25) is 3.79 Å². The first-order chi connectivity index (χ1) is 9.66. The third kappa shape index (κ3) is 3.28. The maximum atomic E-state index is 13.1. The van der Waals surface area contributed by atoms with Crippen molar-refractivity contribution in [1.82, 2.24) is 9.55 Å². The van der Waals surface area contributed by atoms with E-state index >= 15 is 0 Å². The zero-order chi connectivity index (χ0) is 15.8. The summed E-state index contributed by atoms with van der Waals surface area (Å²) in [6, 6.07) is 8.36. The highest BCUT2D eigenvalue weighted by Gasteiger charge is 2.46. The second-order valence-electron chi connectivity index (χ2n) is 4.55. The van der Waals surface area contributed by atoms with Crippen LogP contribution < -0.4 is 4.65 Å². The lowest BCUT2D eigenvalue weighted by atomic mass is 10.3. The molecule has 5 nitrogen and oxygen atoms in total. The largest absolute Gasteiger partial charge is 0.619 e. The lowest BCUT2D eigenvalue weighted by Gasteiger charge is -2.35. The van der Waals surface area contributed by atoms with Crippen LogP contribution in [0.2, 0.25) is 0 Å². The highest BCUT2D eigenvalue weighted by Crippen LogP contribution is 2.36. The van der Waals surface area contributed by atoms with E-state index in [1.54, 1.807) is 30.3 Å². The number of halogens is 4. The Bertz CT molecular complexity index is 576. The number of nitrogens with zero attached hydrogens (tertiary/aromatic N) is 3. The molecule has 2 rings (SSSR count). The minimum absolute atomic E-state index is 0.120. The SMILES string of the molecule is CN1C[N+]([O-])(c2ccccc2)/C(=N\C(Cl)C(Cl)(Cl)Cl)C1=O. The summed E-state index contributed by atoms with van der Waals surface area (Å²) < 4.78 is -2.99. The number of para-hydroxylation sites is 1. The standard InChI is InChI=1S/C12H11Cl4N3O2/c1-18-7-19(21,8-5-3-2-4-6-8)9(10(18)20)17-11(13)12(14,15)16/h2-6,11H,7H2,1H3/b17-9-. The predicted octanol–water partition coefficient (Wildman–Crippen LogP) is 3.25. The number of amides is 1. The van der Waals surface area contributed by atoms with Gasteiger partial charge in [0.25, 0.3) is 5.84 Å². The maximum Gasteiger partial charge on any atom is 0.333 e. The topological polar surface area (TPSA) is 55.7 Å². The number of hydrogen-bond donors (Lipinski definition) is 0. The lowest BCUT2D eigenvalue weighted by molar-refractivity contribution is -0.121. The molecule has 114 valence electrons. The van der Waals surface area contributed by atoms with Gasteiger partial charge < -0.3 is 5.21 Å². The van der Waals surface area contributed by atoms with Crippen LogP contribution in [-0.4, -0.2) is 39.7 Å². The van der Waals surface area contributed by atoms with Crippen molar-refractivity contribution in [3.05, 3.63) is 35.5 Å². The van der Waals surface area contributed by atoms with Gasteiger partial charge in [0.1, 0.15) is 5.69 Å². The molecule has 2 unspecified atom stereocenters. The van der Waals surface area contributed by atoms with E-state index in [1.165, 1.54) is 11.9 Å². The van der Waals surface area contributed by atoms with Crippen molar-refractivity contribution in [3.63, 3.8) is 0 Å². The average molecular weight is 371 g/mol. The molecule has 1 aromatic rings. The van der Waals surface area contributed by atoms with Gasteiger partial charge >= 0.3 is 5.91 Å². The van der Waals surface area contributed by atoms with Gasteiger partial charge in [0.15, 0.2) is 12.2 Å². The summed E-state index contributed by atoms with van der Waals surface area (Å²) in [5.74, 6) is -0.858. The summed E-state index contributed by atoms with van der Waals surface area (Å²) in [5, 5.41) is 13.1. The summed E-state index contributed by atoms with van der Waals surface area (Å²) in [4.78, 5) is 17.3. The zero-order valence-corrected chi connectivity index (χ0v) is 13.9. The van der Waals surface area contributed by atoms with Crippen molar-refractivity contribution in [3.8, 4) is 0 Å². The molecule has 1 saturated heterocycles. The molecule has 0 aliphatic carbocycles.